The zero-order valence-electron chi connectivity index (χ0n) is 11.4. The SMILES string of the molecule is Cc1c(CCO)sc[n+]1CC1=C[NH2+]C(C)NC1=O.[Cl-].[Cl-]. The van der Waals surface area contributed by atoms with Crippen LogP contribution < -0.4 is 40.0 Å². The molecule has 0 saturated carbocycles. The van der Waals surface area contributed by atoms with E-state index in [1.54, 1.807) is 11.3 Å². The van der Waals surface area contributed by atoms with Crippen molar-refractivity contribution >= 4 is 17.2 Å². The average molecular weight is 340 g/mol. The molecule has 1 aliphatic rings. The number of amides is 1. The zero-order chi connectivity index (χ0) is 13.1. The van der Waals surface area contributed by atoms with E-state index < -0.39 is 0 Å². The number of halogens is 2. The van der Waals surface area contributed by atoms with Gasteiger partial charge in [0, 0.05) is 26.9 Å². The van der Waals surface area contributed by atoms with Crippen molar-refractivity contribution in [1.82, 2.24) is 5.32 Å². The largest absolute Gasteiger partial charge is 1.00 e. The van der Waals surface area contributed by atoms with Crippen molar-refractivity contribution in [3.63, 3.8) is 0 Å². The molecule has 5 nitrogen and oxygen atoms in total. The molecule has 2 heterocycles. The molecule has 1 aromatic heterocycles. The zero-order valence-corrected chi connectivity index (χ0v) is 13.7. The molecule has 1 atom stereocenters. The predicted octanol–water partition coefficient (Wildman–Crippen LogP) is -7.19. The van der Waals surface area contributed by atoms with Crippen LogP contribution in [0.2, 0.25) is 0 Å². The van der Waals surface area contributed by atoms with Gasteiger partial charge in [-0.05, 0) is 0 Å². The van der Waals surface area contributed by atoms with E-state index in [1.165, 1.54) is 4.88 Å². The maximum Gasteiger partial charge on any atom is 0.263 e. The van der Waals surface area contributed by atoms with E-state index in [4.69, 9.17) is 5.11 Å². The lowest BCUT2D eigenvalue weighted by Crippen LogP contribution is -3.00. The van der Waals surface area contributed by atoms with Crippen LogP contribution in [0.15, 0.2) is 17.3 Å². The maximum atomic E-state index is 11.8. The molecule has 1 aromatic rings. The fourth-order valence-corrected chi connectivity index (χ4v) is 2.92. The number of carbonyl (C=O) groups excluding carboxylic acids is 1. The molecule has 0 saturated heterocycles. The highest BCUT2D eigenvalue weighted by atomic mass is 35.5. The summed E-state index contributed by atoms with van der Waals surface area (Å²) in [6.07, 6.45) is 2.69. The molecule has 114 valence electrons. The van der Waals surface area contributed by atoms with Crippen LogP contribution in [0, 0.1) is 6.92 Å². The topological polar surface area (TPSA) is 69.8 Å². The highest BCUT2D eigenvalue weighted by molar-refractivity contribution is 7.09. The van der Waals surface area contributed by atoms with Crippen molar-refractivity contribution in [3.05, 3.63) is 27.9 Å². The van der Waals surface area contributed by atoms with Gasteiger partial charge in [0.2, 0.25) is 5.51 Å². The van der Waals surface area contributed by atoms with E-state index in [1.807, 2.05) is 30.9 Å². The van der Waals surface area contributed by atoms with Gasteiger partial charge < -0.3 is 40.6 Å². The number of nitrogens with two attached hydrogens (primary N) is 1. The molecular weight excluding hydrogens is 321 g/mol. The molecule has 1 unspecified atom stereocenters. The van der Waals surface area contributed by atoms with Gasteiger partial charge in [-0.25, -0.2) is 0 Å². The van der Waals surface area contributed by atoms with Gasteiger partial charge >= 0.3 is 0 Å². The summed E-state index contributed by atoms with van der Waals surface area (Å²) in [6.45, 7) is 4.72. The van der Waals surface area contributed by atoms with E-state index in [2.05, 4.69) is 9.88 Å². The maximum absolute atomic E-state index is 11.8. The number of nitrogens with one attached hydrogen (secondary N) is 1. The third-order valence-corrected chi connectivity index (χ3v) is 4.22. The number of carbonyl (C=O) groups is 1. The Kier molecular flexibility index (Phi) is 8.30. The molecule has 4 N–H and O–H groups in total. The number of thiazole rings is 1. The third kappa shape index (κ3) is 4.43. The summed E-state index contributed by atoms with van der Waals surface area (Å²) < 4.78 is 2.06. The van der Waals surface area contributed by atoms with Crippen LogP contribution in [0.5, 0.6) is 0 Å². The molecule has 0 bridgehead atoms. The first-order valence-corrected chi connectivity index (χ1v) is 6.92. The number of aliphatic hydroxyl groups excluding tert-OH is 1. The second kappa shape index (κ2) is 8.59. The monoisotopic (exact) mass is 339 g/mol. The fraction of sp³-hybridized carbons (Fsp3) is 0.500. The van der Waals surface area contributed by atoms with Gasteiger partial charge in [0.05, 0.1) is 4.88 Å². The van der Waals surface area contributed by atoms with Crippen LogP contribution in [0.4, 0.5) is 0 Å². The quantitative estimate of drug-likeness (QED) is 0.477. The molecular formula is C12H19Cl2N3O2S. The summed E-state index contributed by atoms with van der Waals surface area (Å²) in [7, 11) is 0. The Morgan fingerprint density at radius 2 is 2.20 bits per heavy atom. The number of quaternary nitrogens is 1. The van der Waals surface area contributed by atoms with Gasteiger partial charge in [-0.3, -0.25) is 4.79 Å². The summed E-state index contributed by atoms with van der Waals surface area (Å²) in [6, 6.07) is 0. The van der Waals surface area contributed by atoms with E-state index >= 15 is 0 Å². The number of nitrogens with zero attached hydrogens (tertiary/aromatic N) is 1. The highest BCUT2D eigenvalue weighted by Crippen LogP contribution is 2.12. The van der Waals surface area contributed by atoms with Crippen molar-refractivity contribution < 1.29 is 44.6 Å². The molecule has 0 fully saturated rings. The van der Waals surface area contributed by atoms with Crippen LogP contribution in [0.25, 0.3) is 0 Å². The van der Waals surface area contributed by atoms with Crippen molar-refractivity contribution in [3.8, 4) is 0 Å². The molecule has 1 aliphatic heterocycles. The van der Waals surface area contributed by atoms with Crippen molar-refractivity contribution in [2.45, 2.75) is 33.0 Å². The van der Waals surface area contributed by atoms with E-state index in [9.17, 15) is 4.79 Å². The summed E-state index contributed by atoms with van der Waals surface area (Å²) in [5.41, 5.74) is 3.91. The first-order chi connectivity index (χ1) is 8.61. The predicted molar refractivity (Wildman–Crippen MR) is 67.7 cm³/mol. The van der Waals surface area contributed by atoms with E-state index in [0.29, 0.717) is 13.0 Å². The summed E-state index contributed by atoms with van der Waals surface area (Å²) in [5, 5.41) is 13.8. The Bertz CT molecular complexity index is 491. The number of rotatable bonds is 4. The average Bonchev–Trinajstić information content (AvgIpc) is 2.66. The molecule has 0 spiro atoms. The minimum absolute atomic E-state index is 0. The minimum Gasteiger partial charge on any atom is -1.00 e. The number of hydrogen-bond donors (Lipinski definition) is 3. The van der Waals surface area contributed by atoms with E-state index in [0.717, 1.165) is 11.3 Å². The Labute approximate surface area is 134 Å². The third-order valence-electron chi connectivity index (χ3n) is 3.07. The van der Waals surface area contributed by atoms with Gasteiger partial charge in [-0.15, -0.1) is 0 Å². The number of aromatic nitrogens is 1. The van der Waals surface area contributed by atoms with Gasteiger partial charge in [0.15, 0.2) is 18.4 Å². The van der Waals surface area contributed by atoms with Crippen molar-refractivity contribution in [1.29, 1.82) is 0 Å². The standard InChI is InChI=1S/C12H17N3O2S.2ClH/c1-8-11(3-4-16)18-7-15(8)6-10-5-13-9(2)14-12(10)17;;/h5,7,9,16H,3-4,6H2,1-2H3,(H-,13,14,17);2*1H. The molecule has 0 aliphatic carbocycles. The molecule has 0 radical (unpaired) electrons. The Morgan fingerprint density at radius 1 is 1.50 bits per heavy atom. The molecule has 0 aromatic carbocycles. The fourth-order valence-electron chi connectivity index (χ4n) is 1.94. The van der Waals surface area contributed by atoms with Crippen LogP contribution >= 0.6 is 11.3 Å². The summed E-state index contributed by atoms with van der Waals surface area (Å²) in [4.78, 5) is 13.0. The smallest absolute Gasteiger partial charge is 0.263 e. The molecule has 1 amide bonds. The lowest BCUT2D eigenvalue weighted by molar-refractivity contribution is -0.692. The summed E-state index contributed by atoms with van der Waals surface area (Å²) >= 11 is 1.62. The molecule has 8 heteroatoms. The number of hydrogen-bond acceptors (Lipinski definition) is 3. The highest BCUT2D eigenvalue weighted by Gasteiger charge is 2.25. The lowest BCUT2D eigenvalue weighted by atomic mass is 10.2. The van der Waals surface area contributed by atoms with Gasteiger partial charge in [-0.2, -0.15) is 4.57 Å². The Balaban J connectivity index is 0.00000180. The van der Waals surface area contributed by atoms with Gasteiger partial charge in [0.25, 0.3) is 5.91 Å². The van der Waals surface area contributed by atoms with Crippen molar-refractivity contribution in [2.24, 2.45) is 0 Å². The van der Waals surface area contributed by atoms with Crippen LogP contribution in [0.1, 0.15) is 17.5 Å². The second-order valence-corrected chi connectivity index (χ2v) is 5.42. The van der Waals surface area contributed by atoms with Crippen LogP contribution in [-0.2, 0) is 17.8 Å². The minimum atomic E-state index is 0. The van der Waals surface area contributed by atoms with Crippen LogP contribution in [-0.4, -0.2) is 23.8 Å². The molecule has 2 rings (SSSR count). The Hall–Kier alpha value is -0.660. The van der Waals surface area contributed by atoms with Gasteiger partial charge in [0.1, 0.15) is 11.8 Å². The van der Waals surface area contributed by atoms with E-state index in [-0.39, 0.29) is 43.5 Å². The molecule has 20 heavy (non-hydrogen) atoms. The second-order valence-electron chi connectivity index (χ2n) is 4.48. The normalized spacial score (nSPS) is 17.6. The van der Waals surface area contributed by atoms with Crippen molar-refractivity contribution in [2.75, 3.05) is 6.61 Å². The first kappa shape index (κ1) is 19.3. The van der Waals surface area contributed by atoms with Gasteiger partial charge in [-0.1, -0.05) is 11.3 Å². The summed E-state index contributed by atoms with van der Waals surface area (Å²) in [5.74, 6) is 0.00630. The lowest BCUT2D eigenvalue weighted by Gasteiger charge is -2.15. The van der Waals surface area contributed by atoms with Crippen LogP contribution in [0.3, 0.4) is 0 Å². The number of aliphatic hydroxyl groups is 1. The first-order valence-electron chi connectivity index (χ1n) is 6.04. The Morgan fingerprint density at radius 3 is 2.80 bits per heavy atom.